The summed E-state index contributed by atoms with van der Waals surface area (Å²) in [5.41, 5.74) is -1.69. The smallest absolute Gasteiger partial charge is 0.416 e. The Hall–Kier alpha value is -2.18. The third-order valence-corrected chi connectivity index (χ3v) is 3.49. The number of aldehydes is 1. The van der Waals surface area contributed by atoms with Gasteiger partial charge in [-0.1, -0.05) is 18.2 Å². The summed E-state index contributed by atoms with van der Waals surface area (Å²) in [4.78, 5) is 35.4. The summed E-state index contributed by atoms with van der Waals surface area (Å²) in [6.45, 7) is 5.99. The summed E-state index contributed by atoms with van der Waals surface area (Å²) in [5, 5.41) is 0. The molecule has 0 heterocycles. The van der Waals surface area contributed by atoms with Crippen LogP contribution in [0.4, 0.5) is 13.2 Å². The van der Waals surface area contributed by atoms with Crippen molar-refractivity contribution in [1.82, 2.24) is 0 Å². The van der Waals surface area contributed by atoms with Crippen molar-refractivity contribution in [3.63, 3.8) is 0 Å². The van der Waals surface area contributed by atoms with Crippen LogP contribution in [0.1, 0.15) is 51.2 Å². The van der Waals surface area contributed by atoms with Crippen LogP contribution in [0.3, 0.4) is 0 Å². The first-order chi connectivity index (χ1) is 11.4. The van der Waals surface area contributed by atoms with Gasteiger partial charge in [0.1, 0.15) is 23.6 Å². The van der Waals surface area contributed by atoms with Crippen LogP contribution in [0, 0.1) is 5.92 Å². The Kier molecular flexibility index (Phi) is 6.51. The number of hydrogen-bond acceptors (Lipinski definition) is 4. The second-order valence-corrected chi connectivity index (χ2v) is 6.75. The van der Waals surface area contributed by atoms with E-state index >= 15 is 0 Å². The molecule has 0 fully saturated rings. The Morgan fingerprint density at radius 2 is 1.80 bits per heavy atom. The highest BCUT2D eigenvalue weighted by atomic mass is 19.4. The second kappa shape index (κ2) is 7.80. The fraction of sp³-hybridized carbons (Fsp3) is 0.500. The first-order valence-corrected chi connectivity index (χ1v) is 7.71. The van der Waals surface area contributed by atoms with Crippen molar-refractivity contribution >= 4 is 18.0 Å². The van der Waals surface area contributed by atoms with Gasteiger partial charge in [0, 0.05) is 12.3 Å². The van der Waals surface area contributed by atoms with Crippen LogP contribution in [0.15, 0.2) is 24.3 Å². The first-order valence-electron chi connectivity index (χ1n) is 7.71. The zero-order chi connectivity index (χ0) is 19.4. The number of carbonyl (C=O) groups excluding carboxylic acids is 3. The number of ketones is 1. The maximum atomic E-state index is 12.9. The molecule has 0 saturated carbocycles. The molecule has 0 spiro atoms. The Balaban J connectivity index is 3.33. The number of hydrogen-bond donors (Lipinski definition) is 0. The molecule has 1 aromatic rings. The highest BCUT2D eigenvalue weighted by molar-refractivity contribution is 5.99. The number of rotatable bonds is 6. The summed E-state index contributed by atoms with van der Waals surface area (Å²) in [7, 11) is 0. The predicted octanol–water partition coefficient (Wildman–Crippen LogP) is 3.92. The van der Waals surface area contributed by atoms with E-state index in [1.165, 1.54) is 12.1 Å². The van der Waals surface area contributed by atoms with Gasteiger partial charge in [0.2, 0.25) is 0 Å². The molecule has 2 atom stereocenters. The fourth-order valence-corrected chi connectivity index (χ4v) is 2.49. The monoisotopic (exact) mass is 358 g/mol. The number of alkyl halides is 3. The highest BCUT2D eigenvalue weighted by Gasteiger charge is 2.38. The lowest BCUT2D eigenvalue weighted by Gasteiger charge is -2.27. The maximum absolute atomic E-state index is 12.9. The molecular formula is C18H21F3O4. The Bertz CT molecular complexity index is 644. The van der Waals surface area contributed by atoms with E-state index in [0.29, 0.717) is 6.29 Å². The SMILES string of the molecule is CC(=O)[C@@H](C(=O)OC(C)(C)C)[C@@H](CC=O)c1cccc(C(F)(F)F)c1. The zero-order valence-electron chi connectivity index (χ0n) is 14.5. The molecule has 0 aliphatic heterocycles. The fourth-order valence-electron chi connectivity index (χ4n) is 2.49. The molecule has 7 heteroatoms. The van der Waals surface area contributed by atoms with Gasteiger partial charge in [0.05, 0.1) is 5.56 Å². The molecule has 0 saturated heterocycles. The third kappa shape index (κ3) is 5.99. The lowest BCUT2D eigenvalue weighted by molar-refractivity contribution is -0.162. The molecule has 0 unspecified atom stereocenters. The molecule has 0 aliphatic rings. The summed E-state index contributed by atoms with van der Waals surface area (Å²) in [6, 6.07) is 4.29. The van der Waals surface area contributed by atoms with Crippen molar-refractivity contribution in [2.45, 2.75) is 51.8 Å². The van der Waals surface area contributed by atoms with Gasteiger partial charge in [-0.2, -0.15) is 13.2 Å². The van der Waals surface area contributed by atoms with E-state index in [4.69, 9.17) is 4.74 Å². The van der Waals surface area contributed by atoms with Gasteiger partial charge in [-0.05, 0) is 39.3 Å². The van der Waals surface area contributed by atoms with Gasteiger partial charge in [-0.3, -0.25) is 9.59 Å². The topological polar surface area (TPSA) is 60.4 Å². The van der Waals surface area contributed by atoms with Crippen molar-refractivity contribution in [1.29, 1.82) is 0 Å². The van der Waals surface area contributed by atoms with E-state index < -0.39 is 40.9 Å². The molecule has 0 aliphatic carbocycles. The molecular weight excluding hydrogens is 337 g/mol. The number of carbonyl (C=O) groups is 3. The number of Topliss-reactive ketones (excluding diaryl/α,β-unsaturated/α-hetero) is 1. The summed E-state index contributed by atoms with van der Waals surface area (Å²) in [5.74, 6) is -3.80. The van der Waals surface area contributed by atoms with Crippen molar-refractivity contribution in [2.75, 3.05) is 0 Å². The molecule has 1 rings (SSSR count). The van der Waals surface area contributed by atoms with Crippen LogP contribution in [0.5, 0.6) is 0 Å². The van der Waals surface area contributed by atoms with E-state index in [1.807, 2.05) is 0 Å². The molecule has 0 N–H and O–H groups in total. The number of ether oxygens (including phenoxy) is 1. The van der Waals surface area contributed by atoms with Gasteiger partial charge < -0.3 is 9.53 Å². The Morgan fingerprint density at radius 1 is 1.20 bits per heavy atom. The van der Waals surface area contributed by atoms with Gasteiger partial charge in [-0.25, -0.2) is 0 Å². The number of esters is 1. The minimum atomic E-state index is -4.57. The average Bonchev–Trinajstić information content (AvgIpc) is 2.43. The maximum Gasteiger partial charge on any atom is 0.416 e. The largest absolute Gasteiger partial charge is 0.459 e. The Morgan fingerprint density at radius 3 is 2.24 bits per heavy atom. The minimum absolute atomic E-state index is 0.0907. The van der Waals surface area contributed by atoms with Gasteiger partial charge >= 0.3 is 12.1 Å². The lowest BCUT2D eigenvalue weighted by atomic mass is 9.81. The number of halogens is 3. The average molecular weight is 358 g/mol. The van der Waals surface area contributed by atoms with Crippen LogP contribution in [-0.2, 0) is 25.3 Å². The molecule has 25 heavy (non-hydrogen) atoms. The molecule has 0 radical (unpaired) electrons. The van der Waals surface area contributed by atoms with Crippen LogP contribution in [0.25, 0.3) is 0 Å². The summed E-state index contributed by atoms with van der Waals surface area (Å²) >= 11 is 0. The second-order valence-electron chi connectivity index (χ2n) is 6.75. The zero-order valence-corrected chi connectivity index (χ0v) is 14.5. The van der Waals surface area contributed by atoms with E-state index in [9.17, 15) is 27.6 Å². The molecule has 1 aromatic carbocycles. The Labute approximate surface area is 144 Å². The molecule has 0 amide bonds. The van der Waals surface area contributed by atoms with E-state index in [1.54, 1.807) is 20.8 Å². The quantitative estimate of drug-likeness (QED) is 0.439. The van der Waals surface area contributed by atoms with E-state index in [0.717, 1.165) is 19.1 Å². The molecule has 0 bridgehead atoms. The van der Waals surface area contributed by atoms with Crippen LogP contribution >= 0.6 is 0 Å². The molecule has 0 aromatic heterocycles. The molecule has 4 nitrogen and oxygen atoms in total. The van der Waals surface area contributed by atoms with Gasteiger partial charge in [0.15, 0.2) is 0 Å². The number of benzene rings is 1. The minimum Gasteiger partial charge on any atom is -0.459 e. The van der Waals surface area contributed by atoms with E-state index in [-0.39, 0.29) is 12.0 Å². The first kappa shape index (κ1) is 20.9. The van der Waals surface area contributed by atoms with Crippen molar-refractivity contribution in [2.24, 2.45) is 5.92 Å². The van der Waals surface area contributed by atoms with Crippen LogP contribution < -0.4 is 0 Å². The van der Waals surface area contributed by atoms with Gasteiger partial charge in [-0.15, -0.1) is 0 Å². The summed E-state index contributed by atoms with van der Waals surface area (Å²) in [6.07, 6.45) is -4.37. The highest BCUT2D eigenvalue weighted by Crippen LogP contribution is 2.35. The lowest BCUT2D eigenvalue weighted by Crippen LogP contribution is -2.35. The van der Waals surface area contributed by atoms with Crippen LogP contribution in [-0.4, -0.2) is 23.6 Å². The summed E-state index contributed by atoms with van der Waals surface area (Å²) < 4.78 is 44.0. The van der Waals surface area contributed by atoms with Crippen molar-refractivity contribution < 1.29 is 32.3 Å². The predicted molar refractivity (Wildman–Crippen MR) is 84.9 cm³/mol. The third-order valence-electron chi connectivity index (χ3n) is 3.49. The van der Waals surface area contributed by atoms with Crippen LogP contribution in [0.2, 0.25) is 0 Å². The molecule has 138 valence electrons. The standard InChI is InChI=1S/C18H21F3O4/c1-11(23)15(16(24)25-17(2,3)4)14(8-9-22)12-6-5-7-13(10-12)18(19,20)21/h5-7,9-10,14-15H,8H2,1-4H3/t14-,15+/m0/s1. The van der Waals surface area contributed by atoms with E-state index in [2.05, 4.69) is 0 Å². The van der Waals surface area contributed by atoms with Gasteiger partial charge in [0.25, 0.3) is 0 Å². The normalized spacial score (nSPS) is 14.5. The van der Waals surface area contributed by atoms with Crippen molar-refractivity contribution in [3.8, 4) is 0 Å². The van der Waals surface area contributed by atoms with Crippen molar-refractivity contribution in [3.05, 3.63) is 35.4 Å².